The van der Waals surface area contributed by atoms with Crippen LogP contribution in [0.25, 0.3) is 0 Å². The number of benzene rings is 1. The first-order chi connectivity index (χ1) is 16.6. The first-order valence-corrected chi connectivity index (χ1v) is 11.3. The van der Waals surface area contributed by atoms with E-state index >= 15 is 0 Å². The normalized spacial score (nSPS) is 24.0. The fraction of sp³-hybridized carbons (Fsp3) is 0.391. The van der Waals surface area contributed by atoms with Crippen LogP contribution in [0, 0.1) is 35.8 Å². The molecule has 13 heteroatoms. The third kappa shape index (κ3) is 5.38. The Balaban J connectivity index is 1.93. The van der Waals surface area contributed by atoms with E-state index in [1.165, 1.54) is 26.0 Å². The number of aliphatic imine (C=N–C) groups is 1. The van der Waals surface area contributed by atoms with E-state index in [2.05, 4.69) is 26.1 Å². The molecule has 1 aliphatic heterocycles. The Labute approximate surface area is 207 Å². The fourth-order valence-electron chi connectivity index (χ4n) is 3.85. The van der Waals surface area contributed by atoms with Crippen molar-refractivity contribution in [2.75, 3.05) is 11.9 Å². The van der Waals surface area contributed by atoms with Crippen molar-refractivity contribution < 1.29 is 31.5 Å². The van der Waals surface area contributed by atoms with Gasteiger partial charge in [0.2, 0.25) is 0 Å². The van der Waals surface area contributed by atoms with Crippen LogP contribution in [0.2, 0.25) is 0 Å². The molecule has 1 aromatic heterocycles. The number of carbonyl (C=O) groups is 1. The second-order valence-corrected chi connectivity index (χ2v) is 10.1. The Bertz CT molecular complexity index is 1280. The minimum atomic E-state index is -4.54. The third-order valence-electron chi connectivity index (χ3n) is 6.05. The molecule has 192 valence electrons. The Kier molecular flexibility index (Phi) is 7.23. The third-order valence-corrected chi connectivity index (χ3v) is 7.22. The summed E-state index contributed by atoms with van der Waals surface area (Å²) in [5.74, 6) is -4.08. The van der Waals surface area contributed by atoms with Gasteiger partial charge in [0, 0.05) is 23.2 Å². The van der Waals surface area contributed by atoms with Gasteiger partial charge in [-0.3, -0.25) is 9.79 Å². The number of anilines is 1. The van der Waals surface area contributed by atoms with E-state index in [0.717, 1.165) is 24.0 Å². The Morgan fingerprint density at radius 1 is 1.31 bits per heavy atom. The number of pyridine rings is 1. The van der Waals surface area contributed by atoms with Gasteiger partial charge in [0.1, 0.15) is 16.2 Å². The number of nitrogens with zero attached hydrogens (tertiary/aromatic N) is 3. The summed E-state index contributed by atoms with van der Waals surface area (Å²) in [7, 11) is 0. The number of aryl methyl sites for hydroxylation is 1. The molecule has 2 heterocycles. The van der Waals surface area contributed by atoms with Crippen molar-refractivity contribution in [2.24, 2.45) is 16.6 Å². The number of rotatable bonds is 5. The van der Waals surface area contributed by atoms with Gasteiger partial charge in [-0.25, -0.2) is 13.8 Å². The Hall–Kier alpha value is -3.40. The number of halogens is 5. The highest BCUT2D eigenvalue weighted by Crippen LogP contribution is 2.50. The van der Waals surface area contributed by atoms with Crippen LogP contribution in [-0.4, -0.2) is 33.6 Å². The van der Waals surface area contributed by atoms with E-state index in [1.54, 1.807) is 13.8 Å². The number of aromatic nitrogens is 1. The number of amides is 1. The Morgan fingerprint density at radius 2 is 1.97 bits per heavy atom. The lowest BCUT2D eigenvalue weighted by atomic mass is 9.74. The quantitative estimate of drug-likeness (QED) is 0.526. The molecule has 0 spiro atoms. The highest BCUT2D eigenvalue weighted by Gasteiger charge is 2.50. The van der Waals surface area contributed by atoms with E-state index in [-0.39, 0.29) is 33.4 Å². The smallest absolute Gasteiger partial charge is 0.422 e. The number of carbonyl (C=O) groups excluding carboxylic acids is 1. The summed E-state index contributed by atoms with van der Waals surface area (Å²) >= 11 is 1.02. The molecule has 3 rings (SSSR count). The summed E-state index contributed by atoms with van der Waals surface area (Å²) in [5.41, 5.74) is 4.19. The van der Waals surface area contributed by atoms with Gasteiger partial charge in [0.15, 0.2) is 23.4 Å². The van der Waals surface area contributed by atoms with Crippen LogP contribution in [0.15, 0.2) is 29.4 Å². The second-order valence-electron chi connectivity index (χ2n) is 8.65. The van der Waals surface area contributed by atoms with Gasteiger partial charge in [-0.1, -0.05) is 18.7 Å². The molecule has 0 saturated heterocycles. The standard InChI is InChI=1S/C23H22F5N5O2S/c1-11-5-14(35-10-23(26,27)28)8-31-18(11)19(34)32-13-6-15(17(25)16(24)7-13)22(4)12(2)21(3,9-29)36-20(30)33-22/h5-8,12H,10H2,1-4H3,(H2,30,33)(H,32,34)/t12-,21-,22+/m1/s1. The molecule has 0 saturated carbocycles. The molecule has 1 amide bonds. The molecular formula is C23H22F5N5O2S. The summed E-state index contributed by atoms with van der Waals surface area (Å²) in [5, 5.41) is 12.1. The molecule has 36 heavy (non-hydrogen) atoms. The van der Waals surface area contributed by atoms with E-state index in [4.69, 9.17) is 5.73 Å². The van der Waals surface area contributed by atoms with E-state index in [1.807, 2.05) is 0 Å². The first-order valence-electron chi connectivity index (χ1n) is 10.5. The molecule has 0 bridgehead atoms. The van der Waals surface area contributed by atoms with Crippen molar-refractivity contribution in [3.8, 4) is 11.8 Å². The van der Waals surface area contributed by atoms with Crippen molar-refractivity contribution in [3.05, 3.63) is 52.9 Å². The van der Waals surface area contributed by atoms with Gasteiger partial charge in [-0.15, -0.1) is 0 Å². The van der Waals surface area contributed by atoms with Crippen LogP contribution in [0.4, 0.5) is 27.6 Å². The number of nitrogens with two attached hydrogens (primary N) is 1. The zero-order valence-corrected chi connectivity index (χ0v) is 20.4. The second kappa shape index (κ2) is 9.57. The van der Waals surface area contributed by atoms with E-state index in [9.17, 15) is 32.0 Å². The average Bonchev–Trinajstić information content (AvgIpc) is 2.77. The van der Waals surface area contributed by atoms with Crippen LogP contribution >= 0.6 is 11.8 Å². The Morgan fingerprint density at radius 3 is 2.56 bits per heavy atom. The number of amidine groups is 1. The van der Waals surface area contributed by atoms with Gasteiger partial charge in [0.25, 0.3) is 5.91 Å². The minimum absolute atomic E-state index is 0.0292. The fourth-order valence-corrected chi connectivity index (χ4v) is 4.98. The highest BCUT2D eigenvalue weighted by atomic mass is 32.2. The van der Waals surface area contributed by atoms with E-state index in [0.29, 0.717) is 0 Å². The SMILES string of the molecule is Cc1cc(OCC(F)(F)F)cnc1C(=O)Nc1cc(F)c(F)c([C@@]2(C)N=C(N)S[C@](C)(C#N)[C@H]2C)c1. The molecule has 0 unspecified atom stereocenters. The van der Waals surface area contributed by atoms with Crippen LogP contribution in [0.3, 0.4) is 0 Å². The maximum absolute atomic E-state index is 15.0. The molecule has 7 nitrogen and oxygen atoms in total. The number of ether oxygens (including phenoxy) is 1. The maximum Gasteiger partial charge on any atom is 0.422 e. The van der Waals surface area contributed by atoms with Gasteiger partial charge in [-0.2, -0.15) is 18.4 Å². The zero-order chi connectivity index (χ0) is 27.1. The van der Waals surface area contributed by atoms with Crippen LogP contribution in [-0.2, 0) is 5.54 Å². The molecule has 2 aromatic rings. The van der Waals surface area contributed by atoms with Gasteiger partial charge < -0.3 is 15.8 Å². The predicted molar refractivity (Wildman–Crippen MR) is 125 cm³/mol. The van der Waals surface area contributed by atoms with Crippen molar-refractivity contribution >= 4 is 28.5 Å². The molecular weight excluding hydrogens is 505 g/mol. The molecule has 0 fully saturated rings. The highest BCUT2D eigenvalue weighted by molar-refractivity contribution is 8.15. The molecule has 1 aliphatic rings. The predicted octanol–water partition coefficient (Wildman–Crippen LogP) is 5.06. The molecule has 0 aliphatic carbocycles. The number of thioether (sulfide) groups is 1. The maximum atomic E-state index is 15.0. The number of nitrogens with one attached hydrogen (secondary N) is 1. The number of hydrogen-bond acceptors (Lipinski definition) is 7. The molecule has 3 N–H and O–H groups in total. The van der Waals surface area contributed by atoms with E-state index < -0.39 is 46.5 Å². The largest absolute Gasteiger partial charge is 0.482 e. The lowest BCUT2D eigenvalue weighted by Gasteiger charge is -2.43. The van der Waals surface area contributed by atoms with Crippen molar-refractivity contribution in [3.63, 3.8) is 0 Å². The topological polar surface area (TPSA) is 113 Å². The van der Waals surface area contributed by atoms with Gasteiger partial charge in [-0.05, 0) is 38.5 Å². The van der Waals surface area contributed by atoms with Crippen LogP contribution in [0.5, 0.6) is 5.75 Å². The molecule has 0 radical (unpaired) electrons. The molecule has 3 atom stereocenters. The first kappa shape index (κ1) is 27.2. The van der Waals surface area contributed by atoms with Gasteiger partial charge >= 0.3 is 6.18 Å². The summed E-state index contributed by atoms with van der Waals surface area (Å²) in [4.78, 5) is 21.0. The summed E-state index contributed by atoms with van der Waals surface area (Å²) in [6.45, 7) is 4.73. The lowest BCUT2D eigenvalue weighted by molar-refractivity contribution is -0.153. The summed E-state index contributed by atoms with van der Waals surface area (Å²) in [6, 6.07) is 5.33. The van der Waals surface area contributed by atoms with Gasteiger partial charge in [0.05, 0.1) is 17.8 Å². The molecule has 1 aromatic carbocycles. The number of hydrogen-bond donors (Lipinski definition) is 2. The van der Waals surface area contributed by atoms with Crippen LogP contribution in [0.1, 0.15) is 42.4 Å². The monoisotopic (exact) mass is 527 g/mol. The zero-order valence-electron chi connectivity index (χ0n) is 19.6. The van der Waals surface area contributed by atoms with Crippen molar-refractivity contribution in [1.29, 1.82) is 5.26 Å². The number of alkyl halides is 3. The van der Waals surface area contributed by atoms with Crippen LogP contribution < -0.4 is 15.8 Å². The number of nitriles is 1. The average molecular weight is 528 g/mol. The minimum Gasteiger partial charge on any atom is -0.482 e. The van der Waals surface area contributed by atoms with Crippen molar-refractivity contribution in [1.82, 2.24) is 4.98 Å². The lowest BCUT2D eigenvalue weighted by Crippen LogP contribution is -2.48. The van der Waals surface area contributed by atoms with Crippen molar-refractivity contribution in [2.45, 2.75) is 44.2 Å². The summed E-state index contributed by atoms with van der Waals surface area (Å²) in [6.07, 6.45) is -3.59. The summed E-state index contributed by atoms with van der Waals surface area (Å²) < 4.78 is 70.2.